The van der Waals surface area contributed by atoms with Gasteiger partial charge in [0.15, 0.2) is 17.8 Å². The number of rotatable bonds is 6. The Bertz CT molecular complexity index is 633. The number of likely N-dealkylation sites (tertiary alicyclic amines) is 1. The lowest BCUT2D eigenvalue weighted by molar-refractivity contribution is -0.100. The zero-order valence-electron chi connectivity index (χ0n) is 15.3. The first-order valence-electron chi connectivity index (χ1n) is 9.20. The molecule has 6 nitrogen and oxygen atoms in total. The summed E-state index contributed by atoms with van der Waals surface area (Å²) in [5.41, 5.74) is 0.487. The molecule has 1 unspecified atom stereocenters. The molecule has 0 aromatic heterocycles. The highest BCUT2D eigenvalue weighted by molar-refractivity contribution is 6.32. The molecule has 2 aliphatic rings. The molecule has 1 aromatic rings. The van der Waals surface area contributed by atoms with Gasteiger partial charge in [-0.25, -0.2) is 0 Å². The number of piperidine rings is 1. The fraction of sp³-hybridized carbons (Fsp3) is 0.632. The van der Waals surface area contributed by atoms with Crippen LogP contribution in [0.15, 0.2) is 12.1 Å². The van der Waals surface area contributed by atoms with Crippen molar-refractivity contribution in [2.75, 3.05) is 33.5 Å². The third-order valence-corrected chi connectivity index (χ3v) is 4.98. The predicted molar refractivity (Wildman–Crippen MR) is 98.2 cm³/mol. The summed E-state index contributed by atoms with van der Waals surface area (Å²) in [7, 11) is 1.54. The van der Waals surface area contributed by atoms with Crippen LogP contribution in [0.25, 0.3) is 0 Å². The summed E-state index contributed by atoms with van der Waals surface area (Å²) in [6.45, 7) is 4.38. The highest BCUT2D eigenvalue weighted by Crippen LogP contribution is 2.37. The van der Waals surface area contributed by atoms with Crippen molar-refractivity contribution in [3.63, 3.8) is 0 Å². The number of halogens is 1. The summed E-state index contributed by atoms with van der Waals surface area (Å²) in [5.74, 6) is 0.859. The van der Waals surface area contributed by atoms with Crippen LogP contribution in [-0.2, 0) is 9.47 Å². The maximum atomic E-state index is 13.2. The minimum absolute atomic E-state index is 0.0699. The van der Waals surface area contributed by atoms with E-state index >= 15 is 0 Å². The minimum atomic E-state index is -0.344. The van der Waals surface area contributed by atoms with Crippen molar-refractivity contribution in [2.24, 2.45) is 0 Å². The van der Waals surface area contributed by atoms with Crippen molar-refractivity contribution in [3.8, 4) is 11.5 Å². The largest absolute Gasteiger partial charge is 0.493 e. The monoisotopic (exact) mass is 383 g/mol. The van der Waals surface area contributed by atoms with Gasteiger partial charge in [0.05, 0.1) is 38.0 Å². The number of hydrogen-bond acceptors (Lipinski definition) is 5. The van der Waals surface area contributed by atoms with Crippen molar-refractivity contribution in [2.45, 2.75) is 44.9 Å². The molecule has 0 saturated carbocycles. The van der Waals surface area contributed by atoms with Gasteiger partial charge in [0.1, 0.15) is 0 Å². The standard InChI is InChI=1S/C19H26ClNO5/c1-3-8-24-17-14(20)11-13(12-16(17)23-2)18(22)21-7-5-4-6-15(21)19-25-9-10-26-19/h11-12,15,19H,3-10H2,1-2H3. The molecule has 2 fully saturated rings. The molecule has 0 radical (unpaired) electrons. The number of hydrogen-bond donors (Lipinski definition) is 0. The third-order valence-electron chi connectivity index (χ3n) is 4.70. The van der Waals surface area contributed by atoms with Crippen LogP contribution in [0, 0.1) is 0 Å². The normalized spacial score (nSPS) is 21.0. The topological polar surface area (TPSA) is 57.2 Å². The molecule has 0 aliphatic carbocycles. The minimum Gasteiger partial charge on any atom is -0.493 e. The molecular weight excluding hydrogens is 358 g/mol. The fourth-order valence-electron chi connectivity index (χ4n) is 3.44. The van der Waals surface area contributed by atoms with Gasteiger partial charge >= 0.3 is 0 Å². The van der Waals surface area contributed by atoms with Gasteiger partial charge in [-0.15, -0.1) is 0 Å². The van der Waals surface area contributed by atoms with Crippen LogP contribution in [0.1, 0.15) is 43.0 Å². The van der Waals surface area contributed by atoms with Crippen molar-refractivity contribution in [3.05, 3.63) is 22.7 Å². The highest BCUT2D eigenvalue weighted by atomic mass is 35.5. The summed E-state index contributed by atoms with van der Waals surface area (Å²) < 4.78 is 22.4. The van der Waals surface area contributed by atoms with Gasteiger partial charge < -0.3 is 23.8 Å². The molecule has 2 aliphatic heterocycles. The summed E-state index contributed by atoms with van der Waals surface area (Å²) in [5, 5.41) is 0.378. The molecule has 1 aromatic carbocycles. The van der Waals surface area contributed by atoms with Crippen molar-refractivity contribution in [1.29, 1.82) is 0 Å². The lowest BCUT2D eigenvalue weighted by Gasteiger charge is -2.38. The van der Waals surface area contributed by atoms with Gasteiger partial charge in [-0.2, -0.15) is 0 Å². The van der Waals surface area contributed by atoms with E-state index < -0.39 is 0 Å². The van der Waals surface area contributed by atoms with Crippen molar-refractivity contribution < 1.29 is 23.7 Å². The first-order chi connectivity index (χ1) is 12.7. The number of carbonyl (C=O) groups is 1. The summed E-state index contributed by atoms with van der Waals surface area (Å²) in [6, 6.07) is 3.28. The van der Waals surface area contributed by atoms with E-state index in [1.54, 1.807) is 19.2 Å². The number of carbonyl (C=O) groups excluding carboxylic acids is 1. The molecule has 1 atom stereocenters. The maximum Gasteiger partial charge on any atom is 0.254 e. The number of methoxy groups -OCH3 is 1. The summed E-state index contributed by atoms with van der Waals surface area (Å²) in [4.78, 5) is 15.0. The van der Waals surface area contributed by atoms with Gasteiger partial charge in [-0.05, 0) is 37.8 Å². The molecule has 2 heterocycles. The molecule has 26 heavy (non-hydrogen) atoms. The zero-order chi connectivity index (χ0) is 18.5. The Labute approximate surface area is 159 Å². The molecule has 3 rings (SSSR count). The van der Waals surface area contributed by atoms with Crippen molar-refractivity contribution >= 4 is 17.5 Å². The second kappa shape index (κ2) is 8.93. The zero-order valence-corrected chi connectivity index (χ0v) is 16.1. The second-order valence-electron chi connectivity index (χ2n) is 6.51. The van der Waals surface area contributed by atoms with Crippen LogP contribution in [0.5, 0.6) is 11.5 Å². The van der Waals surface area contributed by atoms with Gasteiger partial charge in [-0.3, -0.25) is 4.79 Å². The first kappa shape index (κ1) is 19.3. The van der Waals surface area contributed by atoms with Gasteiger partial charge in [0.25, 0.3) is 5.91 Å². The predicted octanol–water partition coefficient (Wildman–Crippen LogP) is 3.51. The van der Waals surface area contributed by atoms with E-state index in [1.807, 2.05) is 11.8 Å². The Kier molecular flexibility index (Phi) is 6.62. The number of amides is 1. The van der Waals surface area contributed by atoms with E-state index in [9.17, 15) is 4.79 Å². The summed E-state index contributed by atoms with van der Waals surface area (Å²) >= 11 is 6.37. The lowest BCUT2D eigenvalue weighted by atomic mass is 10.00. The molecule has 1 amide bonds. The smallest absolute Gasteiger partial charge is 0.254 e. The second-order valence-corrected chi connectivity index (χ2v) is 6.92. The van der Waals surface area contributed by atoms with Crippen LogP contribution < -0.4 is 9.47 Å². The molecular formula is C19H26ClNO5. The molecule has 144 valence electrons. The van der Waals surface area contributed by atoms with Crippen LogP contribution in [0.4, 0.5) is 0 Å². The van der Waals surface area contributed by atoms with E-state index in [0.29, 0.717) is 48.5 Å². The Morgan fingerprint density at radius 2 is 2.08 bits per heavy atom. The first-order valence-corrected chi connectivity index (χ1v) is 9.58. The Balaban J connectivity index is 1.84. The Morgan fingerprint density at radius 3 is 2.77 bits per heavy atom. The van der Waals surface area contributed by atoms with Gasteiger partial charge in [0, 0.05) is 12.1 Å². The van der Waals surface area contributed by atoms with Crippen LogP contribution >= 0.6 is 11.6 Å². The lowest BCUT2D eigenvalue weighted by Crippen LogP contribution is -2.50. The van der Waals surface area contributed by atoms with Crippen LogP contribution in [-0.4, -0.2) is 56.6 Å². The summed E-state index contributed by atoms with van der Waals surface area (Å²) in [6.07, 6.45) is 3.42. The van der Waals surface area contributed by atoms with E-state index in [2.05, 4.69) is 0 Å². The van der Waals surface area contributed by atoms with Crippen LogP contribution in [0.2, 0.25) is 5.02 Å². The molecule has 2 saturated heterocycles. The number of benzene rings is 1. The van der Waals surface area contributed by atoms with E-state index in [4.69, 9.17) is 30.5 Å². The average Bonchev–Trinajstić information content (AvgIpc) is 3.20. The average molecular weight is 384 g/mol. The fourth-order valence-corrected chi connectivity index (χ4v) is 3.71. The quantitative estimate of drug-likeness (QED) is 0.752. The molecule has 0 N–H and O–H groups in total. The van der Waals surface area contributed by atoms with E-state index in [1.165, 1.54) is 0 Å². The van der Waals surface area contributed by atoms with E-state index in [0.717, 1.165) is 25.7 Å². The van der Waals surface area contributed by atoms with Gasteiger partial charge in [-0.1, -0.05) is 18.5 Å². The Morgan fingerprint density at radius 1 is 1.31 bits per heavy atom. The SMILES string of the molecule is CCCOc1c(Cl)cc(C(=O)N2CCCCC2C2OCCO2)cc1OC. The number of nitrogens with zero attached hydrogens (tertiary/aromatic N) is 1. The van der Waals surface area contributed by atoms with E-state index in [-0.39, 0.29) is 18.2 Å². The highest BCUT2D eigenvalue weighted by Gasteiger charge is 2.37. The third kappa shape index (κ3) is 4.08. The molecule has 0 spiro atoms. The van der Waals surface area contributed by atoms with Crippen molar-refractivity contribution in [1.82, 2.24) is 4.90 Å². The van der Waals surface area contributed by atoms with Crippen LogP contribution in [0.3, 0.4) is 0 Å². The van der Waals surface area contributed by atoms with Gasteiger partial charge in [0.2, 0.25) is 0 Å². The molecule has 0 bridgehead atoms. The Hall–Kier alpha value is -1.50. The molecule has 7 heteroatoms. The number of ether oxygens (including phenoxy) is 4. The maximum absolute atomic E-state index is 13.2.